The predicted octanol–water partition coefficient (Wildman–Crippen LogP) is 2.50. The molecule has 0 saturated heterocycles. The SMILES string of the molecule is CCOc1cc(I)cc(C=O)c1. The van der Waals surface area contributed by atoms with Gasteiger partial charge >= 0.3 is 0 Å². The van der Waals surface area contributed by atoms with E-state index in [0.29, 0.717) is 12.2 Å². The largest absolute Gasteiger partial charge is 0.494 e. The zero-order valence-electron chi connectivity index (χ0n) is 6.71. The molecule has 0 amide bonds. The average molecular weight is 276 g/mol. The van der Waals surface area contributed by atoms with Gasteiger partial charge < -0.3 is 4.74 Å². The second-order valence-electron chi connectivity index (χ2n) is 2.27. The van der Waals surface area contributed by atoms with Crippen molar-refractivity contribution in [2.24, 2.45) is 0 Å². The van der Waals surface area contributed by atoms with Gasteiger partial charge in [0, 0.05) is 9.13 Å². The molecule has 1 aromatic rings. The number of carbonyl (C=O) groups is 1. The number of halogens is 1. The van der Waals surface area contributed by atoms with Gasteiger partial charge in [-0.1, -0.05) is 0 Å². The van der Waals surface area contributed by atoms with E-state index in [9.17, 15) is 4.79 Å². The lowest BCUT2D eigenvalue weighted by Crippen LogP contribution is -1.93. The molecule has 1 aromatic carbocycles. The Kier molecular flexibility index (Phi) is 3.52. The van der Waals surface area contributed by atoms with Crippen molar-refractivity contribution in [2.75, 3.05) is 6.61 Å². The highest BCUT2D eigenvalue weighted by molar-refractivity contribution is 14.1. The normalized spacial score (nSPS) is 9.50. The van der Waals surface area contributed by atoms with Crippen molar-refractivity contribution >= 4 is 28.9 Å². The Labute approximate surface area is 85.1 Å². The van der Waals surface area contributed by atoms with Crippen LogP contribution < -0.4 is 4.74 Å². The quantitative estimate of drug-likeness (QED) is 0.626. The molecule has 12 heavy (non-hydrogen) atoms. The van der Waals surface area contributed by atoms with E-state index in [2.05, 4.69) is 22.6 Å². The molecule has 2 nitrogen and oxygen atoms in total. The van der Waals surface area contributed by atoms with Gasteiger partial charge in [-0.2, -0.15) is 0 Å². The van der Waals surface area contributed by atoms with E-state index >= 15 is 0 Å². The molecular formula is C9H9IO2. The maximum Gasteiger partial charge on any atom is 0.150 e. The van der Waals surface area contributed by atoms with Gasteiger partial charge in [-0.05, 0) is 47.7 Å². The van der Waals surface area contributed by atoms with Crippen LogP contribution in [0.2, 0.25) is 0 Å². The van der Waals surface area contributed by atoms with Crippen LogP contribution in [0.4, 0.5) is 0 Å². The van der Waals surface area contributed by atoms with Crippen LogP contribution in [0.5, 0.6) is 5.75 Å². The molecule has 1 rings (SSSR count). The van der Waals surface area contributed by atoms with E-state index in [0.717, 1.165) is 15.6 Å². The molecule has 0 N–H and O–H groups in total. The topological polar surface area (TPSA) is 26.3 Å². The summed E-state index contributed by atoms with van der Waals surface area (Å²) < 4.78 is 6.28. The minimum Gasteiger partial charge on any atom is -0.494 e. The highest BCUT2D eigenvalue weighted by atomic mass is 127. The summed E-state index contributed by atoms with van der Waals surface area (Å²) in [5.74, 6) is 0.756. The number of ether oxygens (including phenoxy) is 1. The molecule has 0 aromatic heterocycles. The van der Waals surface area contributed by atoms with Gasteiger partial charge in [-0.15, -0.1) is 0 Å². The van der Waals surface area contributed by atoms with E-state index in [-0.39, 0.29) is 0 Å². The lowest BCUT2D eigenvalue weighted by molar-refractivity contribution is 0.112. The minimum atomic E-state index is 0.623. The fourth-order valence-corrected chi connectivity index (χ4v) is 1.57. The number of aldehydes is 1. The Bertz CT molecular complexity index is 284. The third-order valence-corrected chi connectivity index (χ3v) is 1.96. The summed E-state index contributed by atoms with van der Waals surface area (Å²) in [6, 6.07) is 5.45. The molecule has 0 radical (unpaired) electrons. The number of hydrogen-bond acceptors (Lipinski definition) is 2. The molecule has 0 aliphatic carbocycles. The Hall–Kier alpha value is -0.580. The monoisotopic (exact) mass is 276 g/mol. The molecule has 0 atom stereocenters. The maximum atomic E-state index is 10.5. The first kappa shape index (κ1) is 9.51. The van der Waals surface area contributed by atoms with Crippen LogP contribution in [-0.4, -0.2) is 12.9 Å². The van der Waals surface area contributed by atoms with Crippen molar-refractivity contribution < 1.29 is 9.53 Å². The van der Waals surface area contributed by atoms with Crippen molar-refractivity contribution in [1.29, 1.82) is 0 Å². The molecule has 64 valence electrons. The third kappa shape index (κ3) is 2.48. The summed E-state index contributed by atoms with van der Waals surface area (Å²) in [7, 11) is 0. The van der Waals surface area contributed by atoms with Gasteiger partial charge in [0.2, 0.25) is 0 Å². The number of carbonyl (C=O) groups excluding carboxylic acids is 1. The molecule has 0 heterocycles. The van der Waals surface area contributed by atoms with Crippen LogP contribution in [0.15, 0.2) is 18.2 Å². The summed E-state index contributed by atoms with van der Waals surface area (Å²) in [6.45, 7) is 2.54. The Morgan fingerprint density at radius 2 is 2.25 bits per heavy atom. The lowest BCUT2D eigenvalue weighted by Gasteiger charge is -2.03. The zero-order chi connectivity index (χ0) is 8.97. The Morgan fingerprint density at radius 1 is 1.50 bits per heavy atom. The van der Waals surface area contributed by atoms with Crippen LogP contribution in [0.25, 0.3) is 0 Å². The van der Waals surface area contributed by atoms with Gasteiger partial charge in [0.15, 0.2) is 0 Å². The molecular weight excluding hydrogens is 267 g/mol. The van der Waals surface area contributed by atoms with E-state index in [4.69, 9.17) is 4.74 Å². The highest BCUT2D eigenvalue weighted by Crippen LogP contribution is 2.17. The fourth-order valence-electron chi connectivity index (χ4n) is 0.902. The second-order valence-corrected chi connectivity index (χ2v) is 3.52. The summed E-state index contributed by atoms with van der Waals surface area (Å²) in [5.41, 5.74) is 0.658. The number of rotatable bonds is 3. The van der Waals surface area contributed by atoms with Crippen LogP contribution in [0.3, 0.4) is 0 Å². The van der Waals surface area contributed by atoms with Gasteiger partial charge in [0.1, 0.15) is 12.0 Å². The van der Waals surface area contributed by atoms with E-state index in [1.54, 1.807) is 6.07 Å². The smallest absolute Gasteiger partial charge is 0.150 e. The third-order valence-electron chi connectivity index (χ3n) is 1.34. The van der Waals surface area contributed by atoms with Crippen LogP contribution in [0, 0.1) is 3.57 Å². The minimum absolute atomic E-state index is 0.623. The zero-order valence-corrected chi connectivity index (χ0v) is 8.87. The predicted molar refractivity (Wildman–Crippen MR) is 55.7 cm³/mol. The first-order valence-electron chi connectivity index (χ1n) is 3.65. The maximum absolute atomic E-state index is 10.5. The molecule has 0 bridgehead atoms. The molecule has 0 unspecified atom stereocenters. The standard InChI is InChI=1S/C9H9IO2/c1-2-12-9-4-7(6-11)3-8(10)5-9/h3-6H,2H2,1H3. The van der Waals surface area contributed by atoms with Crippen molar-refractivity contribution in [3.05, 3.63) is 27.3 Å². The fraction of sp³-hybridized carbons (Fsp3) is 0.222. The summed E-state index contributed by atoms with van der Waals surface area (Å²) in [6.07, 6.45) is 0.824. The van der Waals surface area contributed by atoms with E-state index in [1.165, 1.54) is 0 Å². The van der Waals surface area contributed by atoms with Crippen molar-refractivity contribution in [3.8, 4) is 5.75 Å². The molecule has 0 spiro atoms. The Balaban J connectivity index is 2.97. The van der Waals surface area contributed by atoms with Gasteiger partial charge in [-0.3, -0.25) is 4.79 Å². The van der Waals surface area contributed by atoms with E-state index < -0.39 is 0 Å². The van der Waals surface area contributed by atoms with Gasteiger partial charge in [-0.25, -0.2) is 0 Å². The molecule has 0 fully saturated rings. The second kappa shape index (κ2) is 4.45. The van der Waals surface area contributed by atoms with Crippen molar-refractivity contribution in [1.82, 2.24) is 0 Å². The lowest BCUT2D eigenvalue weighted by atomic mass is 10.2. The summed E-state index contributed by atoms with van der Waals surface area (Å²) in [4.78, 5) is 10.5. The molecule has 0 aliphatic rings. The van der Waals surface area contributed by atoms with Gasteiger partial charge in [0.25, 0.3) is 0 Å². The van der Waals surface area contributed by atoms with Crippen LogP contribution >= 0.6 is 22.6 Å². The Morgan fingerprint density at radius 3 is 2.83 bits per heavy atom. The average Bonchev–Trinajstić information content (AvgIpc) is 2.04. The molecule has 0 saturated carbocycles. The number of benzene rings is 1. The van der Waals surface area contributed by atoms with Crippen molar-refractivity contribution in [2.45, 2.75) is 6.92 Å². The van der Waals surface area contributed by atoms with Crippen molar-refractivity contribution in [3.63, 3.8) is 0 Å². The van der Waals surface area contributed by atoms with E-state index in [1.807, 2.05) is 19.1 Å². The first-order chi connectivity index (χ1) is 5.76. The first-order valence-corrected chi connectivity index (χ1v) is 4.72. The van der Waals surface area contributed by atoms with Crippen LogP contribution in [-0.2, 0) is 0 Å². The molecule has 0 aliphatic heterocycles. The molecule has 3 heteroatoms. The highest BCUT2D eigenvalue weighted by Gasteiger charge is 1.97. The van der Waals surface area contributed by atoms with Crippen LogP contribution in [0.1, 0.15) is 17.3 Å². The summed E-state index contributed by atoms with van der Waals surface area (Å²) >= 11 is 2.16. The summed E-state index contributed by atoms with van der Waals surface area (Å²) in [5, 5.41) is 0. The number of hydrogen-bond donors (Lipinski definition) is 0. The van der Waals surface area contributed by atoms with Gasteiger partial charge in [0.05, 0.1) is 6.61 Å².